The standard InChI is InChI=1S/C29H33BrNO2.BrH/c30-27-13-7-8-24(22-27)23-33-21-20-31-17-14-28(15-18-31,16-19-31)29(32,25-9-3-1-4-10-25)26-11-5-2-6-12-26;/h1-13,22,32H,14-21,23H2;1H/q+1;/p-1. The van der Waals surface area contributed by atoms with Gasteiger partial charge in [0.05, 0.1) is 32.8 Å². The minimum Gasteiger partial charge on any atom is -1.00 e. The van der Waals surface area contributed by atoms with Crippen LogP contribution in [0, 0.1) is 5.41 Å². The molecule has 3 aliphatic rings. The van der Waals surface area contributed by atoms with Crippen molar-refractivity contribution in [1.82, 2.24) is 0 Å². The number of quaternary nitrogens is 1. The fraction of sp³-hybridized carbons (Fsp3) is 0.379. The van der Waals surface area contributed by atoms with Gasteiger partial charge in [0.15, 0.2) is 0 Å². The molecule has 0 amide bonds. The SMILES string of the molecule is OC(c1ccccc1)(c1ccccc1)C12CC[N+](CCOCc3cccc(Br)c3)(CC1)CC2.[Br-]. The first-order valence-electron chi connectivity index (χ1n) is 12.1. The van der Waals surface area contributed by atoms with Crippen LogP contribution in [0.25, 0.3) is 0 Å². The summed E-state index contributed by atoms with van der Waals surface area (Å²) in [4.78, 5) is 0. The maximum atomic E-state index is 12.5. The molecule has 3 fully saturated rings. The summed E-state index contributed by atoms with van der Waals surface area (Å²) >= 11 is 3.53. The largest absolute Gasteiger partial charge is 1.00 e. The van der Waals surface area contributed by atoms with Crippen LogP contribution < -0.4 is 17.0 Å². The normalized spacial score (nSPS) is 23.9. The summed E-state index contributed by atoms with van der Waals surface area (Å²) in [6.45, 7) is 5.83. The van der Waals surface area contributed by atoms with Crippen LogP contribution in [-0.2, 0) is 16.9 Å². The molecule has 3 nitrogen and oxygen atoms in total. The van der Waals surface area contributed by atoms with Gasteiger partial charge in [-0.25, -0.2) is 0 Å². The summed E-state index contributed by atoms with van der Waals surface area (Å²) in [5, 5.41) is 12.5. The van der Waals surface area contributed by atoms with E-state index in [2.05, 4.69) is 82.7 Å². The molecule has 5 heteroatoms. The Bertz CT molecular complexity index is 1010. The number of fused-ring (bicyclic) bond motifs is 3. The topological polar surface area (TPSA) is 29.5 Å². The Hall–Kier alpha value is -1.50. The lowest BCUT2D eigenvalue weighted by atomic mass is 9.56. The Kier molecular flexibility index (Phi) is 8.00. The van der Waals surface area contributed by atoms with E-state index in [9.17, 15) is 5.11 Å². The van der Waals surface area contributed by atoms with Crippen LogP contribution in [0.5, 0.6) is 0 Å². The Morgan fingerprint density at radius 2 is 1.38 bits per heavy atom. The number of piperidine rings is 3. The minimum atomic E-state index is -0.955. The molecule has 1 N–H and O–H groups in total. The van der Waals surface area contributed by atoms with Crippen LogP contribution in [0.1, 0.15) is 36.0 Å². The Balaban J connectivity index is 0.00000274. The number of halogens is 2. The predicted octanol–water partition coefficient (Wildman–Crippen LogP) is 2.91. The summed E-state index contributed by atoms with van der Waals surface area (Å²) in [5.74, 6) is 0. The van der Waals surface area contributed by atoms with E-state index in [1.54, 1.807) is 0 Å². The molecule has 0 spiro atoms. The summed E-state index contributed by atoms with van der Waals surface area (Å²) < 4.78 is 8.29. The molecule has 3 heterocycles. The van der Waals surface area contributed by atoms with Crippen LogP contribution >= 0.6 is 15.9 Å². The van der Waals surface area contributed by atoms with Gasteiger partial charge in [0.1, 0.15) is 12.1 Å². The Labute approximate surface area is 222 Å². The Morgan fingerprint density at radius 3 is 1.91 bits per heavy atom. The number of aliphatic hydroxyl groups is 1. The van der Waals surface area contributed by atoms with E-state index >= 15 is 0 Å². The van der Waals surface area contributed by atoms with Gasteiger partial charge >= 0.3 is 0 Å². The molecule has 0 aromatic heterocycles. The highest BCUT2D eigenvalue weighted by molar-refractivity contribution is 9.10. The first-order chi connectivity index (χ1) is 16.1. The number of hydrogen-bond donors (Lipinski definition) is 1. The van der Waals surface area contributed by atoms with Crippen molar-refractivity contribution < 1.29 is 31.3 Å². The molecular weight excluding hydrogens is 554 g/mol. The zero-order valence-electron chi connectivity index (χ0n) is 19.5. The van der Waals surface area contributed by atoms with Gasteiger partial charge in [0.25, 0.3) is 0 Å². The molecule has 0 aliphatic carbocycles. The summed E-state index contributed by atoms with van der Waals surface area (Å²) in [6, 6.07) is 29.0. The van der Waals surface area contributed by atoms with Crippen molar-refractivity contribution >= 4 is 15.9 Å². The summed E-state index contributed by atoms with van der Waals surface area (Å²) in [5.41, 5.74) is 2.18. The fourth-order valence-electron chi connectivity index (χ4n) is 6.15. The van der Waals surface area contributed by atoms with Crippen LogP contribution in [0.3, 0.4) is 0 Å². The lowest BCUT2D eigenvalue weighted by Gasteiger charge is -2.60. The number of nitrogens with zero attached hydrogens (tertiary/aromatic N) is 1. The number of benzene rings is 3. The van der Waals surface area contributed by atoms with Crippen molar-refractivity contribution in [3.8, 4) is 0 Å². The van der Waals surface area contributed by atoms with Gasteiger partial charge in [0, 0.05) is 29.2 Å². The third-order valence-corrected chi connectivity index (χ3v) is 8.71. The van der Waals surface area contributed by atoms with E-state index < -0.39 is 5.60 Å². The van der Waals surface area contributed by atoms with E-state index in [4.69, 9.17) is 4.74 Å². The third-order valence-electron chi connectivity index (χ3n) is 8.21. The molecule has 3 aromatic rings. The molecule has 0 radical (unpaired) electrons. The molecule has 0 unspecified atom stereocenters. The highest BCUT2D eigenvalue weighted by atomic mass is 79.9. The first kappa shape index (κ1) is 25.6. The molecule has 3 saturated heterocycles. The third kappa shape index (κ3) is 4.78. The predicted molar refractivity (Wildman–Crippen MR) is 136 cm³/mol. The van der Waals surface area contributed by atoms with Crippen LogP contribution in [0.2, 0.25) is 0 Å². The van der Waals surface area contributed by atoms with Gasteiger partial charge in [0.2, 0.25) is 0 Å². The zero-order chi connectivity index (χ0) is 22.8. The van der Waals surface area contributed by atoms with E-state index in [-0.39, 0.29) is 22.4 Å². The van der Waals surface area contributed by atoms with Crippen molar-refractivity contribution in [2.75, 3.05) is 32.8 Å². The van der Waals surface area contributed by atoms with Crippen molar-refractivity contribution in [2.24, 2.45) is 5.41 Å². The molecule has 2 bridgehead atoms. The van der Waals surface area contributed by atoms with Gasteiger partial charge in [-0.3, -0.25) is 0 Å². The molecule has 34 heavy (non-hydrogen) atoms. The summed E-state index contributed by atoms with van der Waals surface area (Å²) in [7, 11) is 0. The quantitative estimate of drug-likeness (QED) is 0.325. The van der Waals surface area contributed by atoms with Crippen molar-refractivity contribution in [3.63, 3.8) is 0 Å². The van der Waals surface area contributed by atoms with E-state index in [1.807, 2.05) is 18.2 Å². The van der Waals surface area contributed by atoms with Crippen molar-refractivity contribution in [1.29, 1.82) is 0 Å². The maximum Gasteiger partial charge on any atom is 0.121 e. The first-order valence-corrected chi connectivity index (χ1v) is 12.9. The molecule has 6 rings (SSSR count). The maximum absolute atomic E-state index is 12.5. The summed E-state index contributed by atoms with van der Waals surface area (Å²) in [6.07, 6.45) is 3.12. The van der Waals surface area contributed by atoms with Gasteiger partial charge in [-0.2, -0.15) is 0 Å². The van der Waals surface area contributed by atoms with Crippen LogP contribution in [-0.4, -0.2) is 42.4 Å². The number of ether oxygens (including phenoxy) is 1. The lowest BCUT2D eigenvalue weighted by Crippen LogP contribution is -3.00. The monoisotopic (exact) mass is 585 g/mol. The van der Waals surface area contributed by atoms with E-state index in [1.165, 1.54) is 5.56 Å². The average molecular weight is 587 g/mol. The second-order valence-corrected chi connectivity index (χ2v) is 10.8. The molecule has 0 atom stereocenters. The van der Waals surface area contributed by atoms with Gasteiger partial charge in [-0.1, -0.05) is 88.7 Å². The lowest BCUT2D eigenvalue weighted by molar-refractivity contribution is -0.946. The fourth-order valence-corrected chi connectivity index (χ4v) is 6.60. The van der Waals surface area contributed by atoms with Crippen molar-refractivity contribution in [3.05, 3.63) is 106 Å². The molecular formula is C29H33Br2NO2. The number of hydrogen-bond acceptors (Lipinski definition) is 2. The second-order valence-electron chi connectivity index (χ2n) is 9.89. The van der Waals surface area contributed by atoms with Crippen LogP contribution in [0.15, 0.2) is 89.4 Å². The molecule has 0 saturated carbocycles. The number of rotatable bonds is 8. The van der Waals surface area contributed by atoms with Crippen LogP contribution in [0.4, 0.5) is 0 Å². The molecule has 3 aliphatic heterocycles. The van der Waals surface area contributed by atoms with Gasteiger partial charge < -0.3 is 31.3 Å². The molecule has 180 valence electrons. The van der Waals surface area contributed by atoms with E-state index in [0.717, 1.165) is 72.1 Å². The van der Waals surface area contributed by atoms with Gasteiger partial charge in [-0.05, 0) is 28.8 Å². The minimum absolute atomic E-state index is 0. The Morgan fingerprint density at radius 1 is 0.824 bits per heavy atom. The second kappa shape index (κ2) is 10.6. The smallest absolute Gasteiger partial charge is 0.121 e. The van der Waals surface area contributed by atoms with Gasteiger partial charge in [-0.15, -0.1) is 0 Å². The highest BCUT2D eigenvalue weighted by Crippen LogP contribution is 2.57. The molecule has 3 aromatic carbocycles. The van der Waals surface area contributed by atoms with E-state index in [0.29, 0.717) is 6.61 Å². The zero-order valence-corrected chi connectivity index (χ0v) is 22.7. The average Bonchev–Trinajstić information content (AvgIpc) is 2.88. The highest BCUT2D eigenvalue weighted by Gasteiger charge is 2.60. The van der Waals surface area contributed by atoms with Crippen molar-refractivity contribution in [2.45, 2.75) is 31.5 Å².